The number of nitrogens with two attached hydrogens (primary N) is 1. The lowest BCUT2D eigenvalue weighted by molar-refractivity contribution is 0.337. The molecular formula is C25H28N6. The zero-order chi connectivity index (χ0) is 21.0. The average molecular weight is 413 g/mol. The van der Waals surface area contributed by atoms with Crippen molar-refractivity contribution in [1.82, 2.24) is 19.9 Å². The molecule has 31 heavy (non-hydrogen) atoms. The molecule has 0 saturated carbocycles. The zero-order valence-electron chi connectivity index (χ0n) is 17.6. The van der Waals surface area contributed by atoms with Gasteiger partial charge in [0.25, 0.3) is 0 Å². The van der Waals surface area contributed by atoms with Crippen molar-refractivity contribution in [2.75, 3.05) is 37.2 Å². The molecule has 1 saturated heterocycles. The van der Waals surface area contributed by atoms with Crippen molar-refractivity contribution in [2.45, 2.75) is 19.3 Å². The number of nitrogens with zero attached hydrogens (tertiary/aromatic N) is 3. The van der Waals surface area contributed by atoms with E-state index in [9.17, 15) is 0 Å². The summed E-state index contributed by atoms with van der Waals surface area (Å²) in [5.41, 5.74) is 11.4. The number of nitrogen functional groups attached to an aromatic ring is 1. The van der Waals surface area contributed by atoms with Gasteiger partial charge >= 0.3 is 0 Å². The molecule has 0 atom stereocenters. The zero-order valence-corrected chi connectivity index (χ0v) is 17.6. The second-order valence-corrected chi connectivity index (χ2v) is 8.15. The second-order valence-electron chi connectivity index (χ2n) is 8.15. The SMILES string of the molecule is Nc1ncc(-c2cccc(-c3c[nH]c4ccccc34)c2)c(NCCCN2CCCC2)n1. The standard InChI is InChI=1S/C25H28N6/c26-25-29-17-22(24(30-25)27-11-6-14-31-12-3-4-13-31)19-8-5-7-18(15-19)21-16-28-23-10-2-1-9-20(21)23/h1-2,5,7-10,15-17,28H,3-4,6,11-14H2,(H3,26,27,29,30). The van der Waals surface area contributed by atoms with E-state index in [0.717, 1.165) is 47.5 Å². The largest absolute Gasteiger partial charge is 0.369 e. The highest BCUT2D eigenvalue weighted by Crippen LogP contribution is 2.33. The maximum atomic E-state index is 5.90. The Morgan fingerprint density at radius 2 is 1.81 bits per heavy atom. The third-order valence-corrected chi connectivity index (χ3v) is 6.02. The quantitative estimate of drug-likeness (QED) is 0.381. The molecule has 3 heterocycles. The summed E-state index contributed by atoms with van der Waals surface area (Å²) in [6.45, 7) is 4.44. The van der Waals surface area contributed by atoms with E-state index in [1.165, 1.54) is 36.9 Å². The third-order valence-electron chi connectivity index (χ3n) is 6.02. The van der Waals surface area contributed by atoms with Crippen LogP contribution in [0, 0.1) is 0 Å². The first kappa shape index (κ1) is 19.6. The molecule has 0 aliphatic carbocycles. The molecule has 1 aliphatic rings. The molecule has 0 unspecified atom stereocenters. The van der Waals surface area contributed by atoms with Gasteiger partial charge in [-0.25, -0.2) is 4.98 Å². The molecule has 5 rings (SSSR count). The van der Waals surface area contributed by atoms with Crippen molar-refractivity contribution >= 4 is 22.7 Å². The molecular weight excluding hydrogens is 384 g/mol. The number of aromatic nitrogens is 3. The average Bonchev–Trinajstić information content (AvgIpc) is 3.47. The van der Waals surface area contributed by atoms with Crippen molar-refractivity contribution in [3.63, 3.8) is 0 Å². The lowest BCUT2D eigenvalue weighted by Crippen LogP contribution is -2.22. The first-order valence-corrected chi connectivity index (χ1v) is 11.0. The predicted molar refractivity (Wildman–Crippen MR) is 128 cm³/mol. The first-order valence-electron chi connectivity index (χ1n) is 11.0. The lowest BCUT2D eigenvalue weighted by Gasteiger charge is -2.16. The summed E-state index contributed by atoms with van der Waals surface area (Å²) in [7, 11) is 0. The van der Waals surface area contributed by atoms with Gasteiger partial charge in [-0.05, 0) is 62.2 Å². The normalized spacial score (nSPS) is 14.3. The number of fused-ring (bicyclic) bond motifs is 1. The Hall–Kier alpha value is -3.38. The molecule has 2 aromatic heterocycles. The molecule has 0 spiro atoms. The van der Waals surface area contributed by atoms with Crippen molar-refractivity contribution < 1.29 is 0 Å². The molecule has 4 N–H and O–H groups in total. The second kappa shape index (κ2) is 8.78. The Bertz CT molecular complexity index is 1180. The summed E-state index contributed by atoms with van der Waals surface area (Å²) in [4.78, 5) is 14.7. The van der Waals surface area contributed by atoms with E-state index in [1.807, 2.05) is 12.3 Å². The van der Waals surface area contributed by atoms with Crippen molar-refractivity contribution in [3.8, 4) is 22.3 Å². The van der Waals surface area contributed by atoms with Crippen molar-refractivity contribution in [2.24, 2.45) is 0 Å². The Kier molecular flexibility index (Phi) is 5.54. The van der Waals surface area contributed by atoms with Gasteiger partial charge in [-0.1, -0.05) is 36.4 Å². The first-order chi connectivity index (χ1) is 15.3. The van der Waals surface area contributed by atoms with Crippen LogP contribution in [0.25, 0.3) is 33.2 Å². The highest BCUT2D eigenvalue weighted by Gasteiger charge is 2.13. The molecule has 2 aromatic carbocycles. The van der Waals surface area contributed by atoms with E-state index < -0.39 is 0 Å². The number of aromatic amines is 1. The maximum absolute atomic E-state index is 5.90. The minimum Gasteiger partial charge on any atom is -0.369 e. The van der Waals surface area contributed by atoms with Crippen molar-refractivity contribution in [3.05, 3.63) is 60.9 Å². The Labute approximate surface area is 182 Å². The number of nitrogens with one attached hydrogen (secondary N) is 2. The van der Waals surface area contributed by atoms with Crippen LogP contribution in [0.1, 0.15) is 19.3 Å². The number of likely N-dealkylation sites (tertiary alicyclic amines) is 1. The number of H-pyrrole nitrogens is 1. The highest BCUT2D eigenvalue weighted by molar-refractivity contribution is 5.96. The summed E-state index contributed by atoms with van der Waals surface area (Å²) in [5.74, 6) is 1.09. The third kappa shape index (κ3) is 4.25. The minimum absolute atomic E-state index is 0.290. The van der Waals surface area contributed by atoms with Gasteiger partial charge in [0.15, 0.2) is 0 Å². The minimum atomic E-state index is 0.290. The van der Waals surface area contributed by atoms with Gasteiger partial charge in [0.1, 0.15) is 5.82 Å². The molecule has 6 heteroatoms. The number of hydrogen-bond donors (Lipinski definition) is 3. The maximum Gasteiger partial charge on any atom is 0.221 e. The topological polar surface area (TPSA) is 82.9 Å². The van der Waals surface area contributed by atoms with Crippen LogP contribution in [0.4, 0.5) is 11.8 Å². The van der Waals surface area contributed by atoms with Gasteiger partial charge in [0.2, 0.25) is 5.95 Å². The number of anilines is 2. The molecule has 6 nitrogen and oxygen atoms in total. The van der Waals surface area contributed by atoms with Gasteiger partial charge in [-0.2, -0.15) is 4.98 Å². The Balaban J connectivity index is 1.39. The van der Waals surface area contributed by atoms with Crippen LogP contribution in [-0.4, -0.2) is 46.0 Å². The number of benzene rings is 2. The highest BCUT2D eigenvalue weighted by atomic mass is 15.1. The summed E-state index contributed by atoms with van der Waals surface area (Å²) < 4.78 is 0. The predicted octanol–water partition coefficient (Wildman–Crippen LogP) is 4.77. The molecule has 0 radical (unpaired) electrons. The number of hydrogen-bond acceptors (Lipinski definition) is 5. The van der Waals surface area contributed by atoms with Crippen LogP contribution < -0.4 is 11.1 Å². The Morgan fingerprint density at radius 1 is 1.00 bits per heavy atom. The van der Waals surface area contributed by atoms with Crippen LogP contribution in [0.5, 0.6) is 0 Å². The Morgan fingerprint density at radius 3 is 2.68 bits per heavy atom. The summed E-state index contributed by atoms with van der Waals surface area (Å²) >= 11 is 0. The fourth-order valence-corrected chi connectivity index (χ4v) is 4.42. The summed E-state index contributed by atoms with van der Waals surface area (Å²) in [5, 5.41) is 4.71. The van der Waals surface area contributed by atoms with E-state index in [2.05, 4.69) is 73.8 Å². The molecule has 4 aromatic rings. The van der Waals surface area contributed by atoms with Gasteiger partial charge in [-0.15, -0.1) is 0 Å². The fraction of sp³-hybridized carbons (Fsp3) is 0.280. The smallest absolute Gasteiger partial charge is 0.221 e. The van der Waals surface area contributed by atoms with Crippen LogP contribution in [-0.2, 0) is 0 Å². The van der Waals surface area contributed by atoms with E-state index in [4.69, 9.17) is 5.73 Å². The van der Waals surface area contributed by atoms with Crippen LogP contribution >= 0.6 is 0 Å². The lowest BCUT2D eigenvalue weighted by atomic mass is 9.99. The molecule has 0 amide bonds. The fourth-order valence-electron chi connectivity index (χ4n) is 4.42. The summed E-state index contributed by atoms with van der Waals surface area (Å²) in [6, 6.07) is 16.9. The van der Waals surface area contributed by atoms with Gasteiger partial charge in [0.05, 0.1) is 0 Å². The number of para-hydroxylation sites is 1. The van der Waals surface area contributed by atoms with E-state index in [0.29, 0.717) is 5.95 Å². The van der Waals surface area contributed by atoms with Crippen LogP contribution in [0.2, 0.25) is 0 Å². The molecule has 0 bridgehead atoms. The summed E-state index contributed by atoms with van der Waals surface area (Å²) in [6.07, 6.45) is 7.62. The molecule has 158 valence electrons. The van der Waals surface area contributed by atoms with E-state index in [-0.39, 0.29) is 0 Å². The molecule has 1 aliphatic heterocycles. The van der Waals surface area contributed by atoms with Crippen molar-refractivity contribution in [1.29, 1.82) is 0 Å². The van der Waals surface area contributed by atoms with Gasteiger partial charge in [0, 0.05) is 41.0 Å². The van der Waals surface area contributed by atoms with Gasteiger partial charge < -0.3 is 20.9 Å². The van der Waals surface area contributed by atoms with E-state index >= 15 is 0 Å². The molecule has 1 fully saturated rings. The van der Waals surface area contributed by atoms with Crippen LogP contribution in [0.3, 0.4) is 0 Å². The monoisotopic (exact) mass is 412 g/mol. The van der Waals surface area contributed by atoms with Gasteiger partial charge in [-0.3, -0.25) is 0 Å². The van der Waals surface area contributed by atoms with E-state index in [1.54, 1.807) is 0 Å². The number of rotatable bonds is 7. The van der Waals surface area contributed by atoms with Crippen LogP contribution in [0.15, 0.2) is 60.9 Å².